The third-order valence-electron chi connectivity index (χ3n) is 3.77. The van der Waals surface area contributed by atoms with Gasteiger partial charge in [-0.15, -0.1) is 11.3 Å². The van der Waals surface area contributed by atoms with Crippen LogP contribution in [0.15, 0.2) is 29.6 Å². The zero-order chi connectivity index (χ0) is 15.8. The number of aromatic amines is 1. The molecule has 0 aliphatic heterocycles. The number of carbonyl (C=O) groups excluding carboxylic acids is 1. The van der Waals surface area contributed by atoms with E-state index in [1.165, 1.54) is 6.07 Å². The van der Waals surface area contributed by atoms with Crippen molar-refractivity contribution in [2.24, 2.45) is 0 Å². The van der Waals surface area contributed by atoms with Gasteiger partial charge in [-0.05, 0) is 48.6 Å². The number of fused-ring (bicyclic) bond motifs is 1. The molecular weight excluding hydrogens is 313 g/mol. The van der Waals surface area contributed by atoms with Gasteiger partial charge < -0.3 is 5.32 Å². The Bertz CT molecular complexity index is 894. The summed E-state index contributed by atoms with van der Waals surface area (Å²) in [5.41, 5.74) is 1.27. The zero-order valence-electron chi connectivity index (χ0n) is 12.2. The molecule has 4 rings (SSSR count). The fourth-order valence-corrected chi connectivity index (χ4v) is 3.02. The Morgan fingerprint density at radius 3 is 3.00 bits per heavy atom. The molecule has 0 bridgehead atoms. The molecule has 2 aromatic heterocycles. The fraction of sp³-hybridized carbons (Fsp3) is 0.176. The summed E-state index contributed by atoms with van der Waals surface area (Å²) in [6.07, 6.45) is 5.78. The van der Waals surface area contributed by atoms with Gasteiger partial charge in [-0.3, -0.25) is 9.89 Å². The number of thiophene rings is 1. The quantitative estimate of drug-likeness (QED) is 0.765. The van der Waals surface area contributed by atoms with Crippen molar-refractivity contribution >= 4 is 40.3 Å². The van der Waals surface area contributed by atoms with Gasteiger partial charge in [-0.25, -0.2) is 4.39 Å². The Kier molecular flexibility index (Phi) is 3.46. The monoisotopic (exact) mass is 327 g/mol. The highest BCUT2D eigenvalue weighted by Gasteiger charge is 2.24. The number of benzene rings is 1. The molecule has 116 valence electrons. The lowest BCUT2D eigenvalue weighted by Crippen LogP contribution is -2.25. The van der Waals surface area contributed by atoms with Crippen LogP contribution in [0.3, 0.4) is 0 Å². The third kappa shape index (κ3) is 2.90. The SMILES string of the molecule is O=C(NC1CC1)c1cc(F)c2n[nH]c(C=Cc3cccs3)c2c1. The molecule has 0 saturated heterocycles. The fourth-order valence-electron chi connectivity index (χ4n) is 2.40. The summed E-state index contributed by atoms with van der Waals surface area (Å²) < 4.78 is 14.2. The number of halogens is 1. The zero-order valence-corrected chi connectivity index (χ0v) is 13.0. The molecule has 0 radical (unpaired) electrons. The van der Waals surface area contributed by atoms with Gasteiger partial charge in [0.05, 0.1) is 5.69 Å². The summed E-state index contributed by atoms with van der Waals surface area (Å²) in [6.45, 7) is 0. The molecule has 2 N–H and O–H groups in total. The van der Waals surface area contributed by atoms with Crippen LogP contribution >= 0.6 is 11.3 Å². The van der Waals surface area contributed by atoms with Crippen molar-refractivity contribution in [3.8, 4) is 0 Å². The molecule has 1 aliphatic rings. The largest absolute Gasteiger partial charge is 0.349 e. The van der Waals surface area contributed by atoms with Crippen molar-refractivity contribution in [3.05, 3.63) is 51.6 Å². The minimum absolute atomic E-state index is 0.234. The van der Waals surface area contributed by atoms with E-state index in [1.807, 2.05) is 29.7 Å². The summed E-state index contributed by atoms with van der Waals surface area (Å²) in [6, 6.07) is 7.13. The van der Waals surface area contributed by atoms with Crippen molar-refractivity contribution in [3.63, 3.8) is 0 Å². The number of hydrogen-bond donors (Lipinski definition) is 2. The first kappa shape index (κ1) is 14.1. The Morgan fingerprint density at radius 1 is 1.39 bits per heavy atom. The highest BCUT2D eigenvalue weighted by atomic mass is 32.1. The summed E-state index contributed by atoms with van der Waals surface area (Å²) in [5, 5.41) is 12.3. The molecule has 2 heterocycles. The van der Waals surface area contributed by atoms with Gasteiger partial charge >= 0.3 is 0 Å². The summed E-state index contributed by atoms with van der Waals surface area (Å²) in [4.78, 5) is 13.2. The molecule has 0 atom stereocenters. The maximum absolute atomic E-state index is 14.2. The van der Waals surface area contributed by atoms with E-state index in [9.17, 15) is 9.18 Å². The standard InChI is InChI=1S/C17H14FN3OS/c18-14-9-10(17(22)19-11-3-4-11)8-13-15(20-21-16(13)14)6-5-12-2-1-7-23-12/h1-2,5-9,11H,3-4H2,(H,19,22)(H,20,21). The van der Waals surface area contributed by atoms with Crippen LogP contribution in [0.4, 0.5) is 4.39 Å². The van der Waals surface area contributed by atoms with Crippen LogP contribution in [0.2, 0.25) is 0 Å². The van der Waals surface area contributed by atoms with Crippen LogP contribution in [-0.2, 0) is 0 Å². The predicted octanol–water partition coefficient (Wildman–Crippen LogP) is 3.83. The van der Waals surface area contributed by atoms with E-state index in [0.717, 1.165) is 17.7 Å². The molecule has 4 nitrogen and oxygen atoms in total. The van der Waals surface area contributed by atoms with Gasteiger partial charge in [-0.1, -0.05) is 6.07 Å². The molecular formula is C17H14FN3OS. The first-order chi connectivity index (χ1) is 11.2. The number of amides is 1. The summed E-state index contributed by atoms with van der Waals surface area (Å²) in [5.74, 6) is -0.724. The molecule has 1 aromatic carbocycles. The molecule has 0 spiro atoms. The summed E-state index contributed by atoms with van der Waals surface area (Å²) in [7, 11) is 0. The van der Waals surface area contributed by atoms with Gasteiger partial charge in [-0.2, -0.15) is 5.10 Å². The Morgan fingerprint density at radius 2 is 2.26 bits per heavy atom. The smallest absolute Gasteiger partial charge is 0.251 e. The van der Waals surface area contributed by atoms with E-state index in [4.69, 9.17) is 0 Å². The van der Waals surface area contributed by atoms with E-state index in [1.54, 1.807) is 17.4 Å². The molecule has 1 saturated carbocycles. The van der Waals surface area contributed by atoms with Crippen LogP contribution in [0.25, 0.3) is 23.1 Å². The van der Waals surface area contributed by atoms with Crippen molar-refractivity contribution < 1.29 is 9.18 Å². The summed E-state index contributed by atoms with van der Waals surface area (Å²) >= 11 is 1.62. The normalized spacial score (nSPS) is 14.7. The van der Waals surface area contributed by atoms with Crippen LogP contribution in [0, 0.1) is 5.82 Å². The Hall–Kier alpha value is -2.47. The topological polar surface area (TPSA) is 57.8 Å². The van der Waals surface area contributed by atoms with E-state index in [2.05, 4.69) is 15.5 Å². The van der Waals surface area contributed by atoms with Gasteiger partial charge in [0, 0.05) is 21.9 Å². The van der Waals surface area contributed by atoms with Crippen molar-refractivity contribution in [1.82, 2.24) is 15.5 Å². The number of hydrogen-bond acceptors (Lipinski definition) is 3. The average molecular weight is 327 g/mol. The van der Waals surface area contributed by atoms with Crippen molar-refractivity contribution in [2.75, 3.05) is 0 Å². The van der Waals surface area contributed by atoms with Crippen LogP contribution in [-0.4, -0.2) is 22.1 Å². The number of carbonyl (C=O) groups is 1. The molecule has 6 heteroatoms. The van der Waals surface area contributed by atoms with Gasteiger partial charge in [0.25, 0.3) is 5.91 Å². The van der Waals surface area contributed by atoms with Crippen molar-refractivity contribution in [2.45, 2.75) is 18.9 Å². The maximum atomic E-state index is 14.2. The first-order valence-electron chi connectivity index (χ1n) is 7.41. The second kappa shape index (κ2) is 5.62. The van der Waals surface area contributed by atoms with Crippen molar-refractivity contribution in [1.29, 1.82) is 0 Å². The van der Waals surface area contributed by atoms with Crippen LogP contribution in [0.1, 0.15) is 33.8 Å². The second-order valence-electron chi connectivity index (χ2n) is 5.59. The van der Waals surface area contributed by atoms with E-state index >= 15 is 0 Å². The lowest BCUT2D eigenvalue weighted by Gasteiger charge is -2.04. The average Bonchev–Trinajstić information content (AvgIpc) is 3.04. The molecule has 1 aliphatic carbocycles. The minimum Gasteiger partial charge on any atom is -0.349 e. The lowest BCUT2D eigenvalue weighted by atomic mass is 10.1. The predicted molar refractivity (Wildman–Crippen MR) is 89.8 cm³/mol. The van der Waals surface area contributed by atoms with Gasteiger partial charge in [0.2, 0.25) is 0 Å². The first-order valence-corrected chi connectivity index (χ1v) is 8.29. The number of rotatable bonds is 4. The van der Waals surface area contributed by atoms with E-state index in [-0.39, 0.29) is 17.5 Å². The van der Waals surface area contributed by atoms with Gasteiger partial charge in [0.15, 0.2) is 5.82 Å². The molecule has 0 unspecified atom stereocenters. The number of nitrogens with one attached hydrogen (secondary N) is 2. The van der Waals surface area contributed by atoms with Crippen LogP contribution < -0.4 is 5.32 Å². The van der Waals surface area contributed by atoms with Gasteiger partial charge in [0.1, 0.15) is 5.52 Å². The van der Waals surface area contributed by atoms with E-state index < -0.39 is 5.82 Å². The lowest BCUT2D eigenvalue weighted by molar-refractivity contribution is 0.0951. The maximum Gasteiger partial charge on any atom is 0.251 e. The molecule has 1 amide bonds. The van der Waals surface area contributed by atoms with E-state index in [0.29, 0.717) is 16.6 Å². The minimum atomic E-state index is -0.490. The second-order valence-corrected chi connectivity index (χ2v) is 6.57. The number of H-pyrrole nitrogens is 1. The molecule has 1 fully saturated rings. The third-order valence-corrected chi connectivity index (χ3v) is 4.61. The Balaban J connectivity index is 1.71. The number of aromatic nitrogens is 2. The Labute approximate surface area is 136 Å². The highest BCUT2D eigenvalue weighted by Crippen LogP contribution is 2.25. The number of nitrogens with zero attached hydrogens (tertiary/aromatic N) is 1. The highest BCUT2D eigenvalue weighted by molar-refractivity contribution is 7.10. The van der Waals surface area contributed by atoms with Crippen LogP contribution in [0.5, 0.6) is 0 Å². The molecule has 23 heavy (non-hydrogen) atoms. The molecule has 3 aromatic rings.